The second-order valence-electron chi connectivity index (χ2n) is 5.10. The van der Waals surface area contributed by atoms with Crippen LogP contribution in [0.2, 0.25) is 5.02 Å². The molecular weight excluding hydrogens is 352 g/mol. The highest BCUT2D eigenvalue weighted by molar-refractivity contribution is 9.10. The smallest absolute Gasteiger partial charge is 0.127 e. The first-order chi connectivity index (χ1) is 9.93. The average Bonchev–Trinajstić information content (AvgIpc) is 2.42. The number of hydrogen-bond acceptors (Lipinski definition) is 2. The van der Waals surface area contributed by atoms with Crippen molar-refractivity contribution in [2.75, 3.05) is 7.11 Å². The monoisotopic (exact) mass is 368 g/mol. The van der Waals surface area contributed by atoms with E-state index in [0.29, 0.717) is 11.4 Å². The molecule has 2 aromatic rings. The summed E-state index contributed by atoms with van der Waals surface area (Å²) in [6, 6.07) is 9.55. The number of rotatable bonds is 4. The third-order valence-electron chi connectivity index (χ3n) is 3.56. The molecule has 0 radical (unpaired) electrons. The minimum atomic E-state index is -0.644. The van der Waals surface area contributed by atoms with Gasteiger partial charge in [0, 0.05) is 21.5 Å². The second-order valence-corrected chi connectivity index (χ2v) is 6.39. The van der Waals surface area contributed by atoms with E-state index in [9.17, 15) is 5.11 Å². The van der Waals surface area contributed by atoms with Crippen LogP contribution in [0.3, 0.4) is 0 Å². The van der Waals surface area contributed by atoms with Crippen LogP contribution in [0.25, 0.3) is 0 Å². The van der Waals surface area contributed by atoms with E-state index in [1.165, 1.54) is 0 Å². The van der Waals surface area contributed by atoms with Crippen LogP contribution in [-0.2, 0) is 6.42 Å². The molecule has 0 saturated carbocycles. The van der Waals surface area contributed by atoms with Gasteiger partial charge in [-0.05, 0) is 48.7 Å². The molecule has 0 aliphatic heterocycles. The van der Waals surface area contributed by atoms with Gasteiger partial charge in [0.15, 0.2) is 0 Å². The predicted octanol–water partition coefficient (Wildman–Crippen LogP) is 5.00. The number of halogens is 2. The molecule has 0 saturated heterocycles. The molecule has 0 aromatic heterocycles. The van der Waals surface area contributed by atoms with Gasteiger partial charge in [-0.1, -0.05) is 39.7 Å². The lowest BCUT2D eigenvalue weighted by Gasteiger charge is -2.20. The van der Waals surface area contributed by atoms with Gasteiger partial charge in [0.05, 0.1) is 13.2 Å². The SMILES string of the molecule is COc1c(C)cc(Br)c(C)c1C(O)Cc1cccc(Cl)c1. The van der Waals surface area contributed by atoms with E-state index < -0.39 is 6.10 Å². The van der Waals surface area contributed by atoms with E-state index in [-0.39, 0.29) is 0 Å². The first-order valence-corrected chi connectivity index (χ1v) is 7.87. The van der Waals surface area contributed by atoms with Crippen LogP contribution >= 0.6 is 27.5 Å². The third-order valence-corrected chi connectivity index (χ3v) is 4.62. The molecule has 2 aromatic carbocycles. The normalized spacial score (nSPS) is 12.3. The van der Waals surface area contributed by atoms with Gasteiger partial charge in [-0.3, -0.25) is 0 Å². The maximum atomic E-state index is 10.7. The fourth-order valence-electron chi connectivity index (χ4n) is 2.54. The Bertz CT molecular complexity index is 655. The van der Waals surface area contributed by atoms with Crippen LogP contribution in [0, 0.1) is 13.8 Å². The predicted molar refractivity (Wildman–Crippen MR) is 90.3 cm³/mol. The largest absolute Gasteiger partial charge is 0.496 e. The summed E-state index contributed by atoms with van der Waals surface area (Å²) in [5, 5.41) is 11.3. The highest BCUT2D eigenvalue weighted by atomic mass is 79.9. The zero-order chi connectivity index (χ0) is 15.6. The molecule has 2 rings (SSSR count). The topological polar surface area (TPSA) is 29.5 Å². The summed E-state index contributed by atoms with van der Waals surface area (Å²) in [7, 11) is 1.63. The summed E-state index contributed by atoms with van der Waals surface area (Å²) < 4.78 is 6.46. The number of aliphatic hydroxyl groups excluding tert-OH is 1. The summed E-state index contributed by atoms with van der Waals surface area (Å²) in [4.78, 5) is 0. The van der Waals surface area contributed by atoms with Gasteiger partial charge in [0.25, 0.3) is 0 Å². The van der Waals surface area contributed by atoms with Crippen LogP contribution in [-0.4, -0.2) is 12.2 Å². The minimum absolute atomic E-state index is 0.494. The van der Waals surface area contributed by atoms with Crippen molar-refractivity contribution in [3.63, 3.8) is 0 Å². The highest BCUT2D eigenvalue weighted by Crippen LogP contribution is 2.37. The molecule has 21 heavy (non-hydrogen) atoms. The summed E-state index contributed by atoms with van der Waals surface area (Å²) in [5.74, 6) is 0.741. The van der Waals surface area contributed by atoms with Gasteiger partial charge in [-0.2, -0.15) is 0 Å². The number of methoxy groups -OCH3 is 1. The van der Waals surface area contributed by atoms with E-state index in [4.69, 9.17) is 16.3 Å². The molecule has 0 heterocycles. The zero-order valence-electron chi connectivity index (χ0n) is 12.3. The lowest BCUT2D eigenvalue weighted by atomic mass is 9.95. The number of benzene rings is 2. The van der Waals surface area contributed by atoms with Crippen LogP contribution in [0.1, 0.15) is 28.4 Å². The van der Waals surface area contributed by atoms with E-state index in [1.807, 2.05) is 44.2 Å². The molecule has 1 N–H and O–H groups in total. The first-order valence-electron chi connectivity index (χ1n) is 6.70. The molecule has 4 heteroatoms. The van der Waals surface area contributed by atoms with Crippen molar-refractivity contribution in [1.29, 1.82) is 0 Å². The van der Waals surface area contributed by atoms with Crippen molar-refractivity contribution in [3.05, 3.63) is 62.1 Å². The third kappa shape index (κ3) is 3.60. The van der Waals surface area contributed by atoms with Gasteiger partial charge < -0.3 is 9.84 Å². The Hall–Kier alpha value is -1.03. The average molecular weight is 370 g/mol. The maximum absolute atomic E-state index is 10.7. The molecule has 2 nitrogen and oxygen atoms in total. The summed E-state index contributed by atoms with van der Waals surface area (Å²) in [6.45, 7) is 3.95. The molecule has 0 bridgehead atoms. The minimum Gasteiger partial charge on any atom is -0.496 e. The second kappa shape index (κ2) is 6.82. The van der Waals surface area contributed by atoms with E-state index in [2.05, 4.69) is 15.9 Å². The molecule has 112 valence electrons. The van der Waals surface area contributed by atoms with Crippen LogP contribution < -0.4 is 4.74 Å². The van der Waals surface area contributed by atoms with Gasteiger partial charge in [-0.25, -0.2) is 0 Å². The lowest BCUT2D eigenvalue weighted by Crippen LogP contribution is -2.08. The molecular formula is C17H18BrClO2. The Morgan fingerprint density at radius 1 is 1.29 bits per heavy atom. The summed E-state index contributed by atoms with van der Waals surface area (Å²) in [5.41, 5.74) is 3.81. The Kier molecular flexibility index (Phi) is 5.31. The van der Waals surface area contributed by atoms with Crippen molar-refractivity contribution >= 4 is 27.5 Å². The van der Waals surface area contributed by atoms with E-state index in [1.54, 1.807) is 7.11 Å². The summed E-state index contributed by atoms with van der Waals surface area (Å²) in [6.07, 6.45) is -0.150. The Labute approximate surface area is 138 Å². The molecule has 0 fully saturated rings. The maximum Gasteiger partial charge on any atom is 0.127 e. The summed E-state index contributed by atoms with van der Waals surface area (Å²) >= 11 is 9.54. The Morgan fingerprint density at radius 3 is 2.62 bits per heavy atom. The van der Waals surface area contributed by atoms with Gasteiger partial charge in [0.1, 0.15) is 5.75 Å². The van der Waals surface area contributed by atoms with Gasteiger partial charge in [-0.15, -0.1) is 0 Å². The van der Waals surface area contributed by atoms with Crippen molar-refractivity contribution in [1.82, 2.24) is 0 Å². The van der Waals surface area contributed by atoms with E-state index in [0.717, 1.165) is 32.5 Å². The van der Waals surface area contributed by atoms with Crippen molar-refractivity contribution in [3.8, 4) is 5.75 Å². The molecule has 0 aliphatic carbocycles. The number of aryl methyl sites for hydroxylation is 1. The fourth-order valence-corrected chi connectivity index (χ4v) is 3.31. The van der Waals surface area contributed by atoms with Gasteiger partial charge >= 0.3 is 0 Å². The number of hydrogen-bond donors (Lipinski definition) is 1. The Morgan fingerprint density at radius 2 is 2.00 bits per heavy atom. The molecule has 0 aliphatic rings. The van der Waals surface area contributed by atoms with Crippen LogP contribution in [0.4, 0.5) is 0 Å². The zero-order valence-corrected chi connectivity index (χ0v) is 14.6. The molecule has 0 spiro atoms. The molecule has 0 amide bonds. The molecule has 1 unspecified atom stereocenters. The lowest BCUT2D eigenvalue weighted by molar-refractivity contribution is 0.173. The number of ether oxygens (including phenoxy) is 1. The standard InChI is InChI=1S/C17H18BrClO2/c1-10-7-14(18)11(2)16(17(10)21-3)15(20)9-12-5-4-6-13(19)8-12/h4-8,15,20H,9H2,1-3H3. The van der Waals surface area contributed by atoms with E-state index >= 15 is 0 Å². The van der Waals surface area contributed by atoms with Crippen LogP contribution in [0.15, 0.2) is 34.8 Å². The Balaban J connectivity index is 2.41. The highest BCUT2D eigenvalue weighted by Gasteiger charge is 2.20. The van der Waals surface area contributed by atoms with Crippen molar-refractivity contribution < 1.29 is 9.84 Å². The quantitative estimate of drug-likeness (QED) is 0.821. The molecule has 1 atom stereocenters. The van der Waals surface area contributed by atoms with Gasteiger partial charge in [0.2, 0.25) is 0 Å². The number of aliphatic hydroxyl groups is 1. The van der Waals surface area contributed by atoms with Crippen LogP contribution in [0.5, 0.6) is 5.75 Å². The fraction of sp³-hybridized carbons (Fsp3) is 0.294. The van der Waals surface area contributed by atoms with Crippen molar-refractivity contribution in [2.45, 2.75) is 26.4 Å². The van der Waals surface area contributed by atoms with Crippen molar-refractivity contribution in [2.24, 2.45) is 0 Å². The first kappa shape index (κ1) is 16.3.